The van der Waals surface area contributed by atoms with E-state index in [-0.39, 0.29) is 0 Å². The first-order valence-corrected chi connectivity index (χ1v) is 5.74. The second-order valence-electron chi connectivity index (χ2n) is 3.44. The van der Waals surface area contributed by atoms with Gasteiger partial charge in [0.15, 0.2) is 0 Å². The lowest BCUT2D eigenvalue weighted by molar-refractivity contribution is 1.21. The smallest absolute Gasteiger partial charge is 0.116 e. The SMILES string of the molecule is Cc1cc(Br)cnc1C#Cc1ccccc1. The second kappa shape index (κ2) is 4.96. The molecule has 2 heteroatoms. The molecule has 0 aliphatic heterocycles. The van der Waals surface area contributed by atoms with E-state index in [0.29, 0.717) is 0 Å². The number of rotatable bonds is 0. The molecule has 0 amide bonds. The summed E-state index contributed by atoms with van der Waals surface area (Å²) in [5, 5.41) is 0. The molecule has 0 saturated carbocycles. The quantitative estimate of drug-likeness (QED) is 0.668. The van der Waals surface area contributed by atoms with Crippen LogP contribution in [0.15, 0.2) is 47.1 Å². The van der Waals surface area contributed by atoms with E-state index in [1.165, 1.54) is 0 Å². The lowest BCUT2D eigenvalue weighted by Crippen LogP contribution is -1.87. The molecule has 0 fully saturated rings. The van der Waals surface area contributed by atoms with Crippen molar-refractivity contribution in [1.82, 2.24) is 4.98 Å². The van der Waals surface area contributed by atoms with Gasteiger partial charge in [-0.2, -0.15) is 0 Å². The highest BCUT2D eigenvalue weighted by atomic mass is 79.9. The van der Waals surface area contributed by atoms with Crippen LogP contribution >= 0.6 is 15.9 Å². The van der Waals surface area contributed by atoms with E-state index >= 15 is 0 Å². The zero-order chi connectivity index (χ0) is 11.4. The van der Waals surface area contributed by atoms with E-state index in [2.05, 4.69) is 32.8 Å². The van der Waals surface area contributed by atoms with Gasteiger partial charge in [-0.3, -0.25) is 0 Å². The summed E-state index contributed by atoms with van der Waals surface area (Å²) in [7, 11) is 0. The average molecular weight is 272 g/mol. The van der Waals surface area contributed by atoms with Crippen molar-refractivity contribution in [3.8, 4) is 11.8 Å². The zero-order valence-corrected chi connectivity index (χ0v) is 10.5. The molecule has 1 heterocycles. The summed E-state index contributed by atoms with van der Waals surface area (Å²) in [6.45, 7) is 2.01. The van der Waals surface area contributed by atoms with Gasteiger partial charge in [0, 0.05) is 16.2 Å². The van der Waals surface area contributed by atoms with Crippen molar-refractivity contribution in [2.45, 2.75) is 6.92 Å². The van der Waals surface area contributed by atoms with Gasteiger partial charge in [-0.1, -0.05) is 24.1 Å². The van der Waals surface area contributed by atoms with Crippen molar-refractivity contribution >= 4 is 15.9 Å². The highest BCUT2D eigenvalue weighted by molar-refractivity contribution is 9.10. The Morgan fingerprint density at radius 3 is 2.56 bits per heavy atom. The Labute approximate surface area is 104 Å². The lowest BCUT2D eigenvalue weighted by atomic mass is 10.2. The number of aromatic nitrogens is 1. The molecule has 16 heavy (non-hydrogen) atoms. The number of hydrogen-bond donors (Lipinski definition) is 0. The number of aryl methyl sites for hydroxylation is 1. The third-order valence-electron chi connectivity index (χ3n) is 2.14. The third kappa shape index (κ3) is 2.71. The van der Waals surface area contributed by atoms with Crippen LogP contribution in [0.25, 0.3) is 0 Å². The van der Waals surface area contributed by atoms with Crippen molar-refractivity contribution in [1.29, 1.82) is 0 Å². The van der Waals surface area contributed by atoms with E-state index in [1.807, 2.05) is 43.3 Å². The first-order valence-electron chi connectivity index (χ1n) is 4.95. The summed E-state index contributed by atoms with van der Waals surface area (Å²) in [5.41, 5.74) is 2.91. The van der Waals surface area contributed by atoms with Gasteiger partial charge in [0.2, 0.25) is 0 Å². The van der Waals surface area contributed by atoms with Crippen LogP contribution in [0.3, 0.4) is 0 Å². The molecule has 1 nitrogen and oxygen atoms in total. The van der Waals surface area contributed by atoms with Crippen LogP contribution in [0.5, 0.6) is 0 Å². The minimum Gasteiger partial charge on any atom is -0.246 e. The van der Waals surface area contributed by atoms with Crippen LogP contribution < -0.4 is 0 Å². The zero-order valence-electron chi connectivity index (χ0n) is 8.87. The molecule has 0 atom stereocenters. The average Bonchev–Trinajstić information content (AvgIpc) is 2.29. The normalized spacial score (nSPS) is 9.38. The van der Waals surface area contributed by atoms with E-state index in [0.717, 1.165) is 21.3 Å². The number of hydrogen-bond acceptors (Lipinski definition) is 1. The van der Waals surface area contributed by atoms with E-state index < -0.39 is 0 Å². The third-order valence-corrected chi connectivity index (χ3v) is 2.58. The van der Waals surface area contributed by atoms with Crippen LogP contribution in [0, 0.1) is 18.8 Å². The van der Waals surface area contributed by atoms with Gasteiger partial charge in [0.1, 0.15) is 5.69 Å². The van der Waals surface area contributed by atoms with Crippen LogP contribution in [-0.2, 0) is 0 Å². The van der Waals surface area contributed by atoms with Crippen molar-refractivity contribution in [2.75, 3.05) is 0 Å². The first kappa shape index (κ1) is 10.9. The molecule has 78 valence electrons. The van der Waals surface area contributed by atoms with Gasteiger partial charge in [0.05, 0.1) is 0 Å². The largest absolute Gasteiger partial charge is 0.246 e. The summed E-state index contributed by atoms with van der Waals surface area (Å²) in [6.07, 6.45) is 1.77. The van der Waals surface area contributed by atoms with Gasteiger partial charge >= 0.3 is 0 Å². The Bertz CT molecular complexity index is 550. The molecule has 0 N–H and O–H groups in total. The molecule has 0 bridgehead atoms. The predicted octanol–water partition coefficient (Wildman–Crippen LogP) is 3.55. The Balaban J connectivity index is 2.31. The van der Waals surface area contributed by atoms with E-state index in [4.69, 9.17) is 0 Å². The maximum Gasteiger partial charge on any atom is 0.116 e. The molecular weight excluding hydrogens is 262 g/mol. The number of benzene rings is 1. The van der Waals surface area contributed by atoms with E-state index in [9.17, 15) is 0 Å². The van der Waals surface area contributed by atoms with Gasteiger partial charge in [0.25, 0.3) is 0 Å². The summed E-state index contributed by atoms with van der Waals surface area (Å²) < 4.78 is 0.982. The van der Waals surface area contributed by atoms with Crippen LogP contribution in [0.4, 0.5) is 0 Å². The molecule has 0 spiro atoms. The number of nitrogens with zero attached hydrogens (tertiary/aromatic N) is 1. The summed E-state index contributed by atoms with van der Waals surface area (Å²) in [4.78, 5) is 4.27. The van der Waals surface area contributed by atoms with Crippen molar-refractivity contribution in [2.24, 2.45) is 0 Å². The molecule has 0 unspecified atom stereocenters. The predicted molar refractivity (Wildman–Crippen MR) is 69.1 cm³/mol. The molecule has 1 aromatic carbocycles. The topological polar surface area (TPSA) is 12.9 Å². The van der Waals surface area contributed by atoms with Gasteiger partial charge in [-0.25, -0.2) is 4.98 Å². The Kier molecular flexibility index (Phi) is 3.38. The minimum atomic E-state index is 0.826. The molecule has 0 aliphatic carbocycles. The molecular formula is C14H10BrN. The lowest BCUT2D eigenvalue weighted by Gasteiger charge is -1.96. The fourth-order valence-corrected chi connectivity index (χ4v) is 1.77. The first-order chi connectivity index (χ1) is 7.75. The molecule has 2 aromatic rings. The summed E-state index contributed by atoms with van der Waals surface area (Å²) >= 11 is 3.38. The van der Waals surface area contributed by atoms with Gasteiger partial charge in [-0.05, 0) is 52.5 Å². The van der Waals surface area contributed by atoms with Crippen molar-refractivity contribution in [3.63, 3.8) is 0 Å². The standard InChI is InChI=1S/C14H10BrN/c1-11-9-13(15)10-16-14(11)8-7-12-5-3-2-4-6-12/h2-6,9-10H,1H3. The summed E-state index contributed by atoms with van der Waals surface area (Å²) in [5.74, 6) is 6.17. The Morgan fingerprint density at radius 1 is 1.12 bits per heavy atom. The van der Waals surface area contributed by atoms with Crippen LogP contribution in [-0.4, -0.2) is 4.98 Å². The number of pyridine rings is 1. The van der Waals surface area contributed by atoms with Gasteiger partial charge < -0.3 is 0 Å². The molecule has 0 saturated heterocycles. The Morgan fingerprint density at radius 2 is 1.88 bits per heavy atom. The fraction of sp³-hybridized carbons (Fsp3) is 0.0714. The number of halogens is 1. The molecule has 2 rings (SSSR count). The summed E-state index contributed by atoms with van der Waals surface area (Å²) in [6, 6.07) is 11.9. The minimum absolute atomic E-state index is 0.826. The highest BCUT2D eigenvalue weighted by Crippen LogP contribution is 2.12. The molecule has 1 aromatic heterocycles. The van der Waals surface area contributed by atoms with Crippen LogP contribution in [0.2, 0.25) is 0 Å². The fourth-order valence-electron chi connectivity index (χ4n) is 1.32. The van der Waals surface area contributed by atoms with E-state index in [1.54, 1.807) is 6.20 Å². The molecule has 0 aliphatic rings. The Hall–Kier alpha value is -1.59. The molecule has 0 radical (unpaired) electrons. The monoisotopic (exact) mass is 271 g/mol. The van der Waals surface area contributed by atoms with Crippen LogP contribution in [0.1, 0.15) is 16.8 Å². The van der Waals surface area contributed by atoms with Crippen molar-refractivity contribution < 1.29 is 0 Å². The van der Waals surface area contributed by atoms with Gasteiger partial charge in [-0.15, -0.1) is 0 Å². The van der Waals surface area contributed by atoms with Crippen molar-refractivity contribution in [3.05, 3.63) is 63.9 Å². The highest BCUT2D eigenvalue weighted by Gasteiger charge is 1.96. The maximum absolute atomic E-state index is 4.27. The second-order valence-corrected chi connectivity index (χ2v) is 4.35. The maximum atomic E-state index is 4.27.